The first-order chi connectivity index (χ1) is 14.8. The van der Waals surface area contributed by atoms with Crippen molar-refractivity contribution in [3.63, 3.8) is 0 Å². The molecule has 7 nitrogen and oxygen atoms in total. The zero-order valence-electron chi connectivity index (χ0n) is 16.8. The molecule has 0 bridgehead atoms. The zero-order chi connectivity index (χ0) is 20.8. The maximum absolute atomic E-state index is 12.9. The lowest BCUT2D eigenvalue weighted by Crippen LogP contribution is -2.23. The molecule has 4 rings (SSSR count). The molecule has 0 radical (unpaired) electrons. The minimum Gasteiger partial charge on any atom is -0.339 e. The molecule has 3 aromatic heterocycles. The van der Waals surface area contributed by atoms with E-state index in [2.05, 4.69) is 22.0 Å². The first-order valence-corrected chi connectivity index (χ1v) is 11.1. The van der Waals surface area contributed by atoms with Crippen molar-refractivity contribution in [2.24, 2.45) is 0 Å². The van der Waals surface area contributed by atoms with Gasteiger partial charge in [0.15, 0.2) is 5.16 Å². The van der Waals surface area contributed by atoms with Crippen molar-refractivity contribution in [1.82, 2.24) is 24.7 Å². The molecule has 30 heavy (non-hydrogen) atoms. The van der Waals surface area contributed by atoms with Crippen molar-refractivity contribution in [3.05, 3.63) is 65.0 Å². The van der Waals surface area contributed by atoms with E-state index >= 15 is 0 Å². The van der Waals surface area contributed by atoms with Crippen molar-refractivity contribution in [1.29, 1.82) is 0 Å². The van der Waals surface area contributed by atoms with Crippen molar-refractivity contribution in [2.45, 2.75) is 44.3 Å². The minimum atomic E-state index is 0.0374. The van der Waals surface area contributed by atoms with E-state index in [1.807, 2.05) is 41.0 Å². The number of nitrogens with zero attached hydrogens (tertiary/aromatic N) is 5. The Labute approximate surface area is 178 Å². The summed E-state index contributed by atoms with van der Waals surface area (Å²) in [5.41, 5.74) is 1.67. The average Bonchev–Trinajstić information content (AvgIpc) is 3.26. The first-order valence-electron chi connectivity index (χ1n) is 10.1. The van der Waals surface area contributed by atoms with Gasteiger partial charge in [0.05, 0.1) is 10.9 Å². The standard InChI is InChI=1S/C22H23N5O2S/c1-2-3-14-27-21(28)17-7-4-5-8-18(17)24-22(27)30-15-6-9-19-25-20(26-29-19)16-10-12-23-13-11-16/h4-5,7-8,10-13H,2-3,6,9,14-15H2,1H3. The Balaban J connectivity index is 1.42. The van der Waals surface area contributed by atoms with E-state index in [9.17, 15) is 4.79 Å². The quantitative estimate of drug-likeness (QED) is 0.225. The van der Waals surface area contributed by atoms with E-state index < -0.39 is 0 Å². The third-order valence-electron chi connectivity index (χ3n) is 4.73. The summed E-state index contributed by atoms with van der Waals surface area (Å²) in [6.45, 7) is 2.81. The van der Waals surface area contributed by atoms with Gasteiger partial charge in [-0.2, -0.15) is 4.98 Å². The fourth-order valence-corrected chi connectivity index (χ4v) is 4.10. The molecule has 0 saturated heterocycles. The Morgan fingerprint density at radius 2 is 1.90 bits per heavy atom. The number of benzene rings is 1. The summed E-state index contributed by atoms with van der Waals surface area (Å²) in [5.74, 6) is 1.99. The van der Waals surface area contributed by atoms with Crippen LogP contribution in [0.15, 0.2) is 63.3 Å². The first kappa shape index (κ1) is 20.3. The average molecular weight is 422 g/mol. The van der Waals surface area contributed by atoms with Gasteiger partial charge in [-0.25, -0.2) is 4.98 Å². The number of para-hydroxylation sites is 1. The highest BCUT2D eigenvalue weighted by Crippen LogP contribution is 2.20. The van der Waals surface area contributed by atoms with E-state index in [0.29, 0.717) is 30.1 Å². The van der Waals surface area contributed by atoms with Gasteiger partial charge in [-0.1, -0.05) is 42.4 Å². The predicted molar refractivity (Wildman–Crippen MR) is 117 cm³/mol. The van der Waals surface area contributed by atoms with E-state index in [-0.39, 0.29) is 5.56 Å². The molecule has 3 heterocycles. The van der Waals surface area contributed by atoms with Gasteiger partial charge in [0.25, 0.3) is 5.56 Å². The molecule has 0 fully saturated rings. The lowest BCUT2D eigenvalue weighted by atomic mass is 10.2. The molecule has 0 amide bonds. The van der Waals surface area contributed by atoms with Gasteiger partial charge in [0.1, 0.15) is 0 Å². The third kappa shape index (κ3) is 4.59. The van der Waals surface area contributed by atoms with Gasteiger partial charge in [-0.15, -0.1) is 0 Å². The van der Waals surface area contributed by atoms with Crippen LogP contribution in [0.25, 0.3) is 22.3 Å². The number of unbranched alkanes of at least 4 members (excludes halogenated alkanes) is 1. The largest absolute Gasteiger partial charge is 0.339 e. The summed E-state index contributed by atoms with van der Waals surface area (Å²) in [7, 11) is 0. The maximum atomic E-state index is 12.9. The SMILES string of the molecule is CCCCn1c(SCCCc2nc(-c3ccncc3)no2)nc2ccccc2c1=O. The summed E-state index contributed by atoms with van der Waals surface area (Å²) in [6.07, 6.45) is 6.91. The second-order valence-corrected chi connectivity index (χ2v) is 7.98. The van der Waals surface area contributed by atoms with Crippen molar-refractivity contribution in [2.75, 3.05) is 5.75 Å². The van der Waals surface area contributed by atoms with Gasteiger partial charge >= 0.3 is 0 Å². The lowest BCUT2D eigenvalue weighted by Gasteiger charge is -2.12. The highest BCUT2D eigenvalue weighted by atomic mass is 32.2. The highest BCUT2D eigenvalue weighted by Gasteiger charge is 2.12. The zero-order valence-corrected chi connectivity index (χ0v) is 17.6. The molecular weight excluding hydrogens is 398 g/mol. The fourth-order valence-electron chi connectivity index (χ4n) is 3.13. The molecule has 0 aliphatic rings. The van der Waals surface area contributed by atoms with Crippen LogP contribution in [0.3, 0.4) is 0 Å². The Bertz CT molecular complexity index is 1170. The van der Waals surface area contributed by atoms with Crippen molar-refractivity contribution >= 4 is 22.7 Å². The van der Waals surface area contributed by atoms with Gasteiger partial charge in [-0.3, -0.25) is 14.3 Å². The second kappa shape index (κ2) is 9.67. The predicted octanol–water partition coefficient (Wildman–Crippen LogP) is 4.37. The molecule has 0 unspecified atom stereocenters. The minimum absolute atomic E-state index is 0.0374. The summed E-state index contributed by atoms with van der Waals surface area (Å²) in [4.78, 5) is 26.1. The van der Waals surface area contributed by atoms with E-state index in [1.54, 1.807) is 24.2 Å². The number of aryl methyl sites for hydroxylation is 1. The van der Waals surface area contributed by atoms with Gasteiger partial charge in [0.2, 0.25) is 11.7 Å². The van der Waals surface area contributed by atoms with Gasteiger partial charge in [-0.05, 0) is 37.1 Å². The Hall–Kier alpha value is -3.00. The van der Waals surface area contributed by atoms with Gasteiger partial charge < -0.3 is 4.52 Å². The molecule has 0 spiro atoms. The molecule has 0 aliphatic heterocycles. The monoisotopic (exact) mass is 421 g/mol. The van der Waals surface area contributed by atoms with Crippen LogP contribution in [-0.4, -0.2) is 30.4 Å². The summed E-state index contributed by atoms with van der Waals surface area (Å²) in [5, 5.41) is 5.49. The third-order valence-corrected chi connectivity index (χ3v) is 5.80. The second-order valence-electron chi connectivity index (χ2n) is 6.92. The molecule has 8 heteroatoms. The molecule has 0 saturated carbocycles. The number of hydrogen-bond acceptors (Lipinski definition) is 7. The summed E-state index contributed by atoms with van der Waals surface area (Å²) in [6, 6.07) is 11.2. The van der Waals surface area contributed by atoms with Crippen LogP contribution in [0, 0.1) is 0 Å². The molecule has 1 aromatic carbocycles. The molecule has 154 valence electrons. The maximum Gasteiger partial charge on any atom is 0.262 e. The van der Waals surface area contributed by atoms with Crippen LogP contribution in [0.5, 0.6) is 0 Å². The van der Waals surface area contributed by atoms with Crippen LogP contribution < -0.4 is 5.56 Å². The molecule has 0 aliphatic carbocycles. The van der Waals surface area contributed by atoms with E-state index in [4.69, 9.17) is 9.51 Å². The number of pyridine rings is 1. The number of rotatable bonds is 9. The van der Waals surface area contributed by atoms with Crippen LogP contribution in [-0.2, 0) is 13.0 Å². The van der Waals surface area contributed by atoms with E-state index in [1.165, 1.54) is 0 Å². The molecular formula is C22H23N5O2S. The van der Waals surface area contributed by atoms with Crippen LogP contribution in [0.4, 0.5) is 0 Å². The van der Waals surface area contributed by atoms with Crippen molar-refractivity contribution < 1.29 is 4.52 Å². The molecule has 0 N–H and O–H groups in total. The Morgan fingerprint density at radius 3 is 2.73 bits per heavy atom. The summed E-state index contributed by atoms with van der Waals surface area (Å²) >= 11 is 1.60. The fraction of sp³-hybridized carbons (Fsp3) is 0.318. The van der Waals surface area contributed by atoms with E-state index in [0.717, 1.165) is 41.3 Å². The molecule has 4 aromatic rings. The number of fused-ring (bicyclic) bond motifs is 1. The Morgan fingerprint density at radius 1 is 1.07 bits per heavy atom. The highest BCUT2D eigenvalue weighted by molar-refractivity contribution is 7.99. The van der Waals surface area contributed by atoms with Crippen LogP contribution >= 0.6 is 11.8 Å². The van der Waals surface area contributed by atoms with Crippen LogP contribution in [0.1, 0.15) is 32.1 Å². The van der Waals surface area contributed by atoms with Gasteiger partial charge in [0, 0.05) is 36.7 Å². The normalized spacial score (nSPS) is 11.2. The van der Waals surface area contributed by atoms with Crippen LogP contribution in [0.2, 0.25) is 0 Å². The number of hydrogen-bond donors (Lipinski definition) is 0. The van der Waals surface area contributed by atoms with Crippen molar-refractivity contribution in [3.8, 4) is 11.4 Å². The smallest absolute Gasteiger partial charge is 0.262 e. The number of thioether (sulfide) groups is 1. The number of aromatic nitrogens is 5. The molecule has 0 atom stereocenters. The topological polar surface area (TPSA) is 86.7 Å². The summed E-state index contributed by atoms with van der Waals surface area (Å²) < 4.78 is 7.17. The lowest BCUT2D eigenvalue weighted by molar-refractivity contribution is 0.378. The Kier molecular flexibility index (Phi) is 6.53.